The normalized spacial score (nSPS) is 21.6. The van der Waals surface area contributed by atoms with Crippen LogP contribution in [0.5, 0.6) is 0 Å². The molecular weight excluding hydrogens is 178 g/mol. The van der Waals surface area contributed by atoms with Gasteiger partial charge in [0.1, 0.15) is 5.82 Å². The summed E-state index contributed by atoms with van der Waals surface area (Å²) in [7, 11) is 0. The van der Waals surface area contributed by atoms with Gasteiger partial charge in [0, 0.05) is 24.9 Å². The largest absolute Gasteiger partial charge is 0.382 e. The highest BCUT2D eigenvalue weighted by Gasteiger charge is 2.15. The van der Waals surface area contributed by atoms with Gasteiger partial charge in [-0.1, -0.05) is 0 Å². The molecule has 0 bridgehead atoms. The average molecular weight is 195 g/mol. The molecule has 1 fully saturated rings. The Morgan fingerprint density at radius 3 is 3.14 bits per heavy atom. The Balaban J connectivity index is 1.87. The molecule has 1 aliphatic heterocycles. The molecule has 1 aliphatic rings. The van der Waals surface area contributed by atoms with Crippen LogP contribution in [-0.4, -0.2) is 22.5 Å². The summed E-state index contributed by atoms with van der Waals surface area (Å²) in [6.45, 7) is 3.86. The van der Waals surface area contributed by atoms with E-state index in [0.717, 1.165) is 25.3 Å². The van der Waals surface area contributed by atoms with Gasteiger partial charge in [-0.25, -0.2) is 0 Å². The van der Waals surface area contributed by atoms with Crippen molar-refractivity contribution in [1.82, 2.24) is 9.78 Å². The second-order valence-electron chi connectivity index (χ2n) is 3.86. The molecule has 78 valence electrons. The third kappa shape index (κ3) is 2.07. The lowest BCUT2D eigenvalue weighted by molar-refractivity contribution is 0.0993. The summed E-state index contributed by atoms with van der Waals surface area (Å²) in [4.78, 5) is 0. The number of nitrogens with zero attached hydrogens (tertiary/aromatic N) is 2. The van der Waals surface area contributed by atoms with E-state index < -0.39 is 0 Å². The van der Waals surface area contributed by atoms with Gasteiger partial charge >= 0.3 is 0 Å². The van der Waals surface area contributed by atoms with E-state index >= 15 is 0 Å². The molecule has 0 saturated carbocycles. The number of anilines is 1. The molecule has 1 atom stereocenters. The number of rotatable bonds is 3. The smallest absolute Gasteiger partial charge is 0.145 e. The van der Waals surface area contributed by atoms with E-state index in [1.54, 1.807) is 0 Å². The molecule has 4 nitrogen and oxygen atoms in total. The molecule has 1 aromatic heterocycles. The first-order chi connectivity index (χ1) is 6.75. The Morgan fingerprint density at radius 1 is 1.71 bits per heavy atom. The van der Waals surface area contributed by atoms with E-state index in [9.17, 15) is 0 Å². The molecule has 2 heterocycles. The number of hydrogen-bond acceptors (Lipinski definition) is 3. The minimum atomic E-state index is 0.430. The van der Waals surface area contributed by atoms with E-state index in [2.05, 4.69) is 5.10 Å². The average Bonchev–Trinajstić information content (AvgIpc) is 2.72. The van der Waals surface area contributed by atoms with Gasteiger partial charge in [-0.05, 0) is 26.2 Å². The maximum absolute atomic E-state index is 5.60. The van der Waals surface area contributed by atoms with Crippen LogP contribution in [-0.2, 0) is 11.3 Å². The highest BCUT2D eigenvalue weighted by Crippen LogP contribution is 2.16. The van der Waals surface area contributed by atoms with Crippen molar-refractivity contribution < 1.29 is 4.74 Å². The standard InChI is InChI=1S/C10H17N3O/c1-8-7-10(11)12-13(8)5-4-9-3-2-6-14-9/h7,9H,2-6H2,1H3,(H2,11,12). The number of hydrogen-bond donors (Lipinski definition) is 1. The van der Waals surface area contributed by atoms with Gasteiger partial charge in [0.25, 0.3) is 0 Å². The van der Waals surface area contributed by atoms with Crippen molar-refractivity contribution in [2.24, 2.45) is 0 Å². The molecule has 2 N–H and O–H groups in total. The Labute approximate surface area is 84.0 Å². The summed E-state index contributed by atoms with van der Waals surface area (Å²) in [5.74, 6) is 0.606. The lowest BCUT2D eigenvalue weighted by Crippen LogP contribution is -2.11. The summed E-state index contributed by atoms with van der Waals surface area (Å²) in [6.07, 6.45) is 3.86. The number of nitrogens with two attached hydrogens (primary N) is 1. The van der Waals surface area contributed by atoms with Crippen LogP contribution in [0.25, 0.3) is 0 Å². The van der Waals surface area contributed by atoms with Gasteiger partial charge in [0.05, 0.1) is 6.10 Å². The second kappa shape index (κ2) is 4.00. The number of ether oxygens (including phenoxy) is 1. The minimum Gasteiger partial charge on any atom is -0.382 e. The lowest BCUT2D eigenvalue weighted by Gasteiger charge is -2.09. The van der Waals surface area contributed by atoms with Crippen molar-refractivity contribution in [2.75, 3.05) is 12.3 Å². The molecule has 1 saturated heterocycles. The molecule has 0 spiro atoms. The van der Waals surface area contributed by atoms with Crippen molar-refractivity contribution >= 4 is 5.82 Å². The molecular formula is C10H17N3O. The summed E-state index contributed by atoms with van der Waals surface area (Å²) in [6, 6.07) is 1.90. The fraction of sp³-hybridized carbons (Fsp3) is 0.700. The van der Waals surface area contributed by atoms with Crippen LogP contribution in [0.4, 0.5) is 5.82 Å². The van der Waals surface area contributed by atoms with Gasteiger partial charge in [0.2, 0.25) is 0 Å². The molecule has 1 aromatic rings. The number of aryl methyl sites for hydroxylation is 2. The number of aromatic nitrogens is 2. The van der Waals surface area contributed by atoms with Gasteiger partial charge in [0.15, 0.2) is 0 Å². The predicted molar refractivity (Wildman–Crippen MR) is 55.0 cm³/mol. The maximum Gasteiger partial charge on any atom is 0.145 e. The first-order valence-corrected chi connectivity index (χ1v) is 5.17. The highest BCUT2D eigenvalue weighted by molar-refractivity contribution is 5.28. The summed E-state index contributed by atoms with van der Waals surface area (Å²) in [5.41, 5.74) is 6.73. The highest BCUT2D eigenvalue weighted by atomic mass is 16.5. The van der Waals surface area contributed by atoms with Crippen LogP contribution in [0.3, 0.4) is 0 Å². The van der Waals surface area contributed by atoms with Gasteiger partial charge < -0.3 is 10.5 Å². The van der Waals surface area contributed by atoms with Crippen molar-refractivity contribution in [1.29, 1.82) is 0 Å². The van der Waals surface area contributed by atoms with E-state index in [-0.39, 0.29) is 0 Å². The predicted octanol–water partition coefficient (Wildman–Crippen LogP) is 1.34. The zero-order valence-electron chi connectivity index (χ0n) is 8.57. The van der Waals surface area contributed by atoms with Crippen LogP contribution < -0.4 is 5.73 Å². The molecule has 14 heavy (non-hydrogen) atoms. The fourth-order valence-corrected chi connectivity index (χ4v) is 1.90. The third-order valence-electron chi connectivity index (χ3n) is 2.69. The zero-order valence-corrected chi connectivity index (χ0v) is 8.57. The van der Waals surface area contributed by atoms with Crippen molar-refractivity contribution in [3.63, 3.8) is 0 Å². The van der Waals surface area contributed by atoms with Crippen molar-refractivity contribution in [3.05, 3.63) is 11.8 Å². The minimum absolute atomic E-state index is 0.430. The monoisotopic (exact) mass is 195 g/mol. The van der Waals surface area contributed by atoms with E-state index in [1.165, 1.54) is 12.8 Å². The Kier molecular flexibility index (Phi) is 2.72. The van der Waals surface area contributed by atoms with Crippen LogP contribution in [0.1, 0.15) is 25.0 Å². The SMILES string of the molecule is Cc1cc(N)nn1CCC1CCCO1. The molecule has 2 rings (SSSR count). The maximum atomic E-state index is 5.60. The lowest BCUT2D eigenvalue weighted by atomic mass is 10.2. The van der Waals surface area contributed by atoms with Gasteiger partial charge in [-0.3, -0.25) is 4.68 Å². The van der Waals surface area contributed by atoms with Crippen LogP contribution >= 0.6 is 0 Å². The molecule has 0 radical (unpaired) electrons. The van der Waals surface area contributed by atoms with Crippen LogP contribution in [0.15, 0.2) is 6.07 Å². The number of nitrogen functional groups attached to an aromatic ring is 1. The van der Waals surface area contributed by atoms with E-state index in [4.69, 9.17) is 10.5 Å². The molecule has 0 amide bonds. The third-order valence-corrected chi connectivity index (χ3v) is 2.69. The first kappa shape index (κ1) is 9.52. The molecule has 0 aromatic carbocycles. The first-order valence-electron chi connectivity index (χ1n) is 5.17. The van der Waals surface area contributed by atoms with Crippen molar-refractivity contribution in [3.8, 4) is 0 Å². The Hall–Kier alpha value is -1.03. The Bertz CT molecular complexity index is 302. The molecule has 1 unspecified atom stereocenters. The zero-order chi connectivity index (χ0) is 9.97. The van der Waals surface area contributed by atoms with Gasteiger partial charge in [-0.2, -0.15) is 5.10 Å². The van der Waals surface area contributed by atoms with E-state index in [0.29, 0.717) is 11.9 Å². The summed E-state index contributed by atoms with van der Waals surface area (Å²) in [5, 5.41) is 4.21. The van der Waals surface area contributed by atoms with Crippen molar-refractivity contribution in [2.45, 2.75) is 38.8 Å². The quantitative estimate of drug-likeness (QED) is 0.792. The van der Waals surface area contributed by atoms with Crippen LogP contribution in [0.2, 0.25) is 0 Å². The summed E-state index contributed by atoms with van der Waals surface area (Å²) >= 11 is 0. The second-order valence-corrected chi connectivity index (χ2v) is 3.86. The topological polar surface area (TPSA) is 53.1 Å². The van der Waals surface area contributed by atoms with Crippen LogP contribution in [0, 0.1) is 6.92 Å². The molecule has 0 aliphatic carbocycles. The fourth-order valence-electron chi connectivity index (χ4n) is 1.90. The molecule has 4 heteroatoms. The van der Waals surface area contributed by atoms with Gasteiger partial charge in [-0.15, -0.1) is 0 Å². The Morgan fingerprint density at radius 2 is 2.57 bits per heavy atom. The summed E-state index contributed by atoms with van der Waals surface area (Å²) < 4.78 is 7.50. The van der Waals surface area contributed by atoms with E-state index in [1.807, 2.05) is 17.7 Å².